The van der Waals surface area contributed by atoms with Crippen LogP contribution < -0.4 is 5.32 Å². The maximum Gasteiger partial charge on any atom is 0.0944 e. The molecule has 2 heterocycles. The van der Waals surface area contributed by atoms with E-state index in [-0.39, 0.29) is 6.04 Å². The van der Waals surface area contributed by atoms with Gasteiger partial charge in [0, 0.05) is 18.0 Å². The van der Waals surface area contributed by atoms with Crippen LogP contribution >= 0.6 is 22.9 Å². The van der Waals surface area contributed by atoms with Crippen molar-refractivity contribution < 1.29 is 0 Å². The molecule has 0 aromatic carbocycles. The molecule has 1 N–H and O–H groups in total. The summed E-state index contributed by atoms with van der Waals surface area (Å²) in [5.41, 5.74) is 1.12. The molecule has 104 valence electrons. The highest BCUT2D eigenvalue weighted by Crippen LogP contribution is 2.29. The number of hydrogen-bond donors (Lipinski definition) is 1. The summed E-state index contributed by atoms with van der Waals surface area (Å²) in [7, 11) is 0. The molecular weight excluding hydrogens is 276 g/mol. The number of thiazole rings is 1. The van der Waals surface area contributed by atoms with Crippen LogP contribution in [0.25, 0.3) is 0 Å². The van der Waals surface area contributed by atoms with E-state index in [1.165, 1.54) is 16.4 Å². The molecule has 1 unspecified atom stereocenters. The molecule has 0 spiro atoms. The van der Waals surface area contributed by atoms with Crippen molar-refractivity contribution in [2.24, 2.45) is 0 Å². The van der Waals surface area contributed by atoms with E-state index in [2.05, 4.69) is 40.7 Å². The summed E-state index contributed by atoms with van der Waals surface area (Å²) in [5, 5.41) is 11.1. The van der Waals surface area contributed by atoms with Gasteiger partial charge in [0.25, 0.3) is 0 Å². The first-order chi connectivity index (χ1) is 9.22. The normalized spacial score (nSPS) is 13.1. The lowest BCUT2D eigenvalue weighted by Crippen LogP contribution is -2.24. The van der Waals surface area contributed by atoms with E-state index in [1.807, 2.05) is 11.6 Å². The molecule has 0 amide bonds. The lowest BCUT2D eigenvalue weighted by atomic mass is 10.0. The lowest BCUT2D eigenvalue weighted by molar-refractivity contribution is 0.528. The Morgan fingerprint density at radius 1 is 1.37 bits per heavy atom. The van der Waals surface area contributed by atoms with Gasteiger partial charge in [-0.05, 0) is 30.4 Å². The fourth-order valence-electron chi connectivity index (χ4n) is 1.95. The average Bonchev–Trinajstić information content (AvgIpc) is 3.04. The van der Waals surface area contributed by atoms with Gasteiger partial charge in [-0.25, -0.2) is 4.98 Å². The van der Waals surface area contributed by atoms with Gasteiger partial charge in [0.05, 0.1) is 21.6 Å². The monoisotopic (exact) mass is 296 g/mol. The summed E-state index contributed by atoms with van der Waals surface area (Å²) >= 11 is 3.22. The third kappa shape index (κ3) is 3.81. The molecule has 4 nitrogen and oxygen atoms in total. The molecule has 0 aliphatic rings. The zero-order valence-corrected chi connectivity index (χ0v) is 13.2. The molecule has 0 aliphatic carbocycles. The zero-order valence-electron chi connectivity index (χ0n) is 11.6. The van der Waals surface area contributed by atoms with Crippen LogP contribution in [0, 0.1) is 0 Å². The molecule has 2 aromatic rings. The first kappa shape index (κ1) is 14.6. The third-order valence-corrected chi connectivity index (χ3v) is 4.56. The predicted molar refractivity (Wildman–Crippen MR) is 80.9 cm³/mol. The number of nitrogens with zero attached hydrogens (tertiary/aromatic N) is 3. The second-order valence-corrected chi connectivity index (χ2v) is 6.58. The molecule has 0 bridgehead atoms. The fourth-order valence-corrected chi connectivity index (χ4v) is 3.50. The summed E-state index contributed by atoms with van der Waals surface area (Å²) in [6.45, 7) is 7.52. The van der Waals surface area contributed by atoms with E-state index in [9.17, 15) is 0 Å². The molecule has 0 aliphatic heterocycles. The summed E-state index contributed by atoms with van der Waals surface area (Å²) in [4.78, 5) is 5.65. The minimum Gasteiger partial charge on any atom is -0.309 e. The van der Waals surface area contributed by atoms with Crippen molar-refractivity contribution in [2.45, 2.75) is 45.6 Å². The van der Waals surface area contributed by atoms with Gasteiger partial charge in [0.15, 0.2) is 0 Å². The minimum atomic E-state index is 0.281. The van der Waals surface area contributed by atoms with E-state index in [4.69, 9.17) is 0 Å². The van der Waals surface area contributed by atoms with Crippen molar-refractivity contribution in [2.75, 3.05) is 6.54 Å². The Morgan fingerprint density at radius 3 is 2.84 bits per heavy atom. The topological polar surface area (TPSA) is 50.7 Å². The second-order valence-electron chi connectivity index (χ2n) is 4.81. The molecule has 1 atom stereocenters. The van der Waals surface area contributed by atoms with E-state index in [0.717, 1.165) is 30.1 Å². The maximum atomic E-state index is 4.39. The van der Waals surface area contributed by atoms with Crippen LogP contribution in [0.3, 0.4) is 0 Å². The highest BCUT2D eigenvalue weighted by Gasteiger charge is 2.21. The van der Waals surface area contributed by atoms with Crippen LogP contribution in [0.1, 0.15) is 54.7 Å². The van der Waals surface area contributed by atoms with Crippen molar-refractivity contribution in [3.63, 3.8) is 0 Å². The molecule has 6 heteroatoms. The largest absolute Gasteiger partial charge is 0.309 e. The first-order valence-corrected chi connectivity index (χ1v) is 8.31. The molecule has 0 saturated heterocycles. The Labute approximate surface area is 122 Å². The van der Waals surface area contributed by atoms with Crippen LogP contribution in [-0.4, -0.2) is 21.1 Å². The molecular formula is C13H20N4S2. The standard InChI is InChI=1S/C13H20N4S2/c1-4-5-14-10(8-11-15-6-7-18-11)13-12(9(2)3)16-17-19-13/h6-7,9-10,14H,4-5,8H2,1-3H3. The number of rotatable bonds is 7. The molecule has 19 heavy (non-hydrogen) atoms. The van der Waals surface area contributed by atoms with Crippen molar-refractivity contribution >= 4 is 22.9 Å². The third-order valence-electron chi connectivity index (χ3n) is 2.91. The molecule has 2 aromatic heterocycles. The average molecular weight is 296 g/mol. The van der Waals surface area contributed by atoms with E-state index in [0.29, 0.717) is 5.92 Å². The Kier molecular flexibility index (Phi) is 5.42. The summed E-state index contributed by atoms with van der Waals surface area (Å²) in [5.74, 6) is 0.413. The number of nitrogens with one attached hydrogen (secondary N) is 1. The Hall–Kier alpha value is -0.850. The van der Waals surface area contributed by atoms with Crippen molar-refractivity contribution in [3.05, 3.63) is 27.2 Å². The fraction of sp³-hybridized carbons (Fsp3) is 0.615. The Balaban J connectivity index is 2.18. The minimum absolute atomic E-state index is 0.281. The van der Waals surface area contributed by atoms with Crippen LogP contribution in [-0.2, 0) is 6.42 Å². The van der Waals surface area contributed by atoms with Gasteiger partial charge in [0.1, 0.15) is 0 Å². The highest BCUT2D eigenvalue weighted by atomic mass is 32.1. The summed E-state index contributed by atoms with van der Waals surface area (Å²) in [6.07, 6.45) is 3.91. The van der Waals surface area contributed by atoms with Gasteiger partial charge >= 0.3 is 0 Å². The number of hydrogen-bond acceptors (Lipinski definition) is 6. The van der Waals surface area contributed by atoms with Crippen LogP contribution in [0.15, 0.2) is 11.6 Å². The second kappa shape index (κ2) is 7.07. The van der Waals surface area contributed by atoms with Crippen LogP contribution in [0.2, 0.25) is 0 Å². The van der Waals surface area contributed by atoms with Crippen molar-refractivity contribution in [1.29, 1.82) is 0 Å². The number of aromatic nitrogens is 3. The summed E-state index contributed by atoms with van der Waals surface area (Å²) in [6, 6.07) is 0.281. The van der Waals surface area contributed by atoms with Gasteiger partial charge in [-0.3, -0.25) is 0 Å². The van der Waals surface area contributed by atoms with Gasteiger partial charge in [-0.2, -0.15) is 0 Å². The van der Waals surface area contributed by atoms with Crippen molar-refractivity contribution in [3.8, 4) is 0 Å². The molecule has 0 radical (unpaired) electrons. The summed E-state index contributed by atoms with van der Waals surface area (Å²) < 4.78 is 4.14. The van der Waals surface area contributed by atoms with Gasteiger partial charge in [-0.15, -0.1) is 16.4 Å². The van der Waals surface area contributed by atoms with Gasteiger partial charge < -0.3 is 5.32 Å². The lowest BCUT2D eigenvalue weighted by Gasteiger charge is -2.17. The predicted octanol–water partition coefficient (Wildman–Crippen LogP) is 3.40. The smallest absolute Gasteiger partial charge is 0.0944 e. The molecule has 0 fully saturated rings. The van der Waals surface area contributed by atoms with E-state index >= 15 is 0 Å². The van der Waals surface area contributed by atoms with Crippen LogP contribution in [0.5, 0.6) is 0 Å². The molecule has 0 saturated carbocycles. The quantitative estimate of drug-likeness (QED) is 0.851. The SMILES string of the molecule is CCCNC(Cc1nccs1)c1snnc1C(C)C. The molecule has 2 rings (SSSR count). The van der Waals surface area contributed by atoms with E-state index in [1.54, 1.807) is 11.3 Å². The Bertz CT molecular complexity index is 479. The van der Waals surface area contributed by atoms with E-state index < -0.39 is 0 Å². The van der Waals surface area contributed by atoms with Crippen molar-refractivity contribution in [1.82, 2.24) is 19.9 Å². The zero-order chi connectivity index (χ0) is 13.7. The van der Waals surface area contributed by atoms with Gasteiger partial charge in [0.2, 0.25) is 0 Å². The van der Waals surface area contributed by atoms with Gasteiger partial charge in [-0.1, -0.05) is 25.3 Å². The van der Waals surface area contributed by atoms with Crippen LogP contribution in [0.4, 0.5) is 0 Å². The maximum absolute atomic E-state index is 4.39. The highest BCUT2D eigenvalue weighted by molar-refractivity contribution is 7.09. The first-order valence-electron chi connectivity index (χ1n) is 6.66. The Morgan fingerprint density at radius 2 is 2.21 bits per heavy atom.